The molecule has 1 aliphatic rings. The van der Waals surface area contributed by atoms with E-state index in [0.717, 1.165) is 29.7 Å². The molecule has 0 aliphatic heterocycles. The van der Waals surface area contributed by atoms with E-state index in [1.54, 1.807) is 12.1 Å². The lowest BCUT2D eigenvalue weighted by Crippen LogP contribution is -2.29. The van der Waals surface area contributed by atoms with Gasteiger partial charge >= 0.3 is 0 Å². The van der Waals surface area contributed by atoms with Crippen molar-refractivity contribution in [3.63, 3.8) is 0 Å². The van der Waals surface area contributed by atoms with Crippen LogP contribution in [0.25, 0.3) is 0 Å². The zero-order valence-electron chi connectivity index (χ0n) is 11.7. The summed E-state index contributed by atoms with van der Waals surface area (Å²) in [7, 11) is -1.11. The summed E-state index contributed by atoms with van der Waals surface area (Å²) in [5, 5.41) is 0.612. The highest BCUT2D eigenvalue weighted by molar-refractivity contribution is 7.85. The third kappa shape index (κ3) is 3.05. The molecule has 0 saturated carbocycles. The minimum absolute atomic E-state index is 0.0465. The number of nitrogens with two attached hydrogens (primary N) is 1. The van der Waals surface area contributed by atoms with Gasteiger partial charge in [0.15, 0.2) is 0 Å². The molecule has 4 heteroatoms. The number of fused-ring (bicyclic) bond motifs is 1. The van der Waals surface area contributed by atoms with Crippen molar-refractivity contribution in [3.05, 3.63) is 64.7 Å². The first-order valence-electron chi connectivity index (χ1n) is 7.16. The van der Waals surface area contributed by atoms with Crippen LogP contribution in [0.2, 0.25) is 5.02 Å². The summed E-state index contributed by atoms with van der Waals surface area (Å²) in [6.45, 7) is 0. The third-order valence-electron chi connectivity index (χ3n) is 4.07. The Hall–Kier alpha value is -1.16. The van der Waals surface area contributed by atoms with E-state index in [1.807, 2.05) is 24.3 Å². The summed E-state index contributed by atoms with van der Waals surface area (Å²) in [4.78, 5) is 0.805. The largest absolute Gasteiger partial charge is 0.323 e. The molecule has 21 heavy (non-hydrogen) atoms. The van der Waals surface area contributed by atoms with E-state index in [0.29, 0.717) is 5.02 Å². The number of rotatable bonds is 2. The van der Waals surface area contributed by atoms with Gasteiger partial charge in [-0.05, 0) is 54.7 Å². The van der Waals surface area contributed by atoms with Crippen LogP contribution >= 0.6 is 11.6 Å². The van der Waals surface area contributed by atoms with E-state index in [1.165, 1.54) is 5.56 Å². The van der Waals surface area contributed by atoms with Crippen molar-refractivity contribution in [2.45, 2.75) is 35.4 Å². The minimum Gasteiger partial charge on any atom is -0.323 e. The molecule has 2 nitrogen and oxygen atoms in total. The Labute approximate surface area is 132 Å². The maximum Gasteiger partial charge on any atom is 0.0587 e. The van der Waals surface area contributed by atoms with E-state index in [9.17, 15) is 4.21 Å². The highest BCUT2D eigenvalue weighted by Crippen LogP contribution is 2.32. The van der Waals surface area contributed by atoms with Crippen molar-refractivity contribution in [1.29, 1.82) is 0 Å². The van der Waals surface area contributed by atoms with Gasteiger partial charge in [0.05, 0.1) is 16.0 Å². The summed E-state index contributed by atoms with van der Waals surface area (Å²) in [6, 6.07) is 15.3. The number of benzene rings is 2. The first-order valence-corrected chi connectivity index (χ1v) is 8.75. The molecule has 2 aromatic rings. The van der Waals surface area contributed by atoms with Crippen LogP contribution in [-0.4, -0.2) is 9.46 Å². The number of hydrogen-bond acceptors (Lipinski definition) is 2. The van der Waals surface area contributed by atoms with Gasteiger partial charge in [-0.15, -0.1) is 0 Å². The molecule has 3 unspecified atom stereocenters. The average molecular weight is 320 g/mol. The van der Waals surface area contributed by atoms with Crippen molar-refractivity contribution in [3.8, 4) is 0 Å². The lowest BCUT2D eigenvalue weighted by Gasteiger charge is -2.22. The molecule has 3 rings (SSSR count). The van der Waals surface area contributed by atoms with Crippen LogP contribution < -0.4 is 5.73 Å². The summed E-state index contributed by atoms with van der Waals surface area (Å²) in [5.41, 5.74) is 8.87. The summed E-state index contributed by atoms with van der Waals surface area (Å²) < 4.78 is 12.9. The molecule has 2 N–H and O–H groups in total. The van der Waals surface area contributed by atoms with Crippen LogP contribution in [0.4, 0.5) is 0 Å². The average Bonchev–Trinajstić information content (AvgIpc) is 2.67. The van der Waals surface area contributed by atoms with Crippen LogP contribution in [0.3, 0.4) is 0 Å². The first kappa shape index (κ1) is 14.8. The molecule has 2 aromatic carbocycles. The van der Waals surface area contributed by atoms with Gasteiger partial charge in [0.1, 0.15) is 0 Å². The Morgan fingerprint density at radius 3 is 2.57 bits per heavy atom. The molecule has 3 atom stereocenters. The van der Waals surface area contributed by atoms with E-state index in [2.05, 4.69) is 12.1 Å². The molecule has 0 fully saturated rings. The van der Waals surface area contributed by atoms with Gasteiger partial charge < -0.3 is 5.73 Å². The molecule has 0 aromatic heterocycles. The maximum absolute atomic E-state index is 12.9. The number of aryl methyl sites for hydroxylation is 1. The van der Waals surface area contributed by atoms with Gasteiger partial charge in [-0.3, -0.25) is 4.21 Å². The highest BCUT2D eigenvalue weighted by atomic mass is 35.5. The minimum atomic E-state index is -1.11. The fraction of sp³-hybridized carbons (Fsp3) is 0.294. The SMILES string of the molecule is NC1c2ccccc2CCCC1S(=O)c1ccc(Cl)cc1. The Balaban J connectivity index is 1.91. The second kappa shape index (κ2) is 6.30. The lowest BCUT2D eigenvalue weighted by atomic mass is 10.00. The first-order chi connectivity index (χ1) is 10.2. The van der Waals surface area contributed by atoms with Crippen molar-refractivity contribution >= 4 is 22.4 Å². The molecule has 110 valence electrons. The number of hydrogen-bond donors (Lipinski definition) is 1. The molecule has 0 bridgehead atoms. The van der Waals surface area contributed by atoms with Gasteiger partial charge in [-0.25, -0.2) is 0 Å². The van der Waals surface area contributed by atoms with Gasteiger partial charge in [-0.1, -0.05) is 35.9 Å². The van der Waals surface area contributed by atoms with Crippen LogP contribution in [-0.2, 0) is 17.2 Å². The molecule has 0 spiro atoms. The van der Waals surface area contributed by atoms with Crippen LogP contribution in [0, 0.1) is 0 Å². The quantitative estimate of drug-likeness (QED) is 0.854. The lowest BCUT2D eigenvalue weighted by molar-refractivity contribution is 0.597. The van der Waals surface area contributed by atoms with Gasteiger partial charge in [-0.2, -0.15) is 0 Å². The van der Waals surface area contributed by atoms with Gasteiger partial charge in [0.25, 0.3) is 0 Å². The normalized spacial score (nSPS) is 23.1. The second-order valence-corrected chi connectivity index (χ2v) is 7.51. The maximum atomic E-state index is 12.9. The van der Waals surface area contributed by atoms with Crippen LogP contribution in [0.1, 0.15) is 30.0 Å². The Bertz CT molecular complexity index is 656. The predicted molar refractivity (Wildman–Crippen MR) is 88.0 cm³/mol. The Morgan fingerprint density at radius 1 is 1.10 bits per heavy atom. The molecule has 1 aliphatic carbocycles. The van der Waals surface area contributed by atoms with Crippen molar-refractivity contribution in [2.24, 2.45) is 5.73 Å². The van der Waals surface area contributed by atoms with Crippen LogP contribution in [0.15, 0.2) is 53.4 Å². The predicted octanol–water partition coefficient (Wildman–Crippen LogP) is 3.85. The summed E-state index contributed by atoms with van der Waals surface area (Å²) in [5.74, 6) is 0. The fourth-order valence-corrected chi connectivity index (χ4v) is 4.62. The Kier molecular flexibility index (Phi) is 4.43. The van der Waals surface area contributed by atoms with Crippen molar-refractivity contribution < 1.29 is 4.21 Å². The summed E-state index contributed by atoms with van der Waals surface area (Å²) in [6.07, 6.45) is 2.91. The van der Waals surface area contributed by atoms with Crippen molar-refractivity contribution in [1.82, 2.24) is 0 Å². The smallest absolute Gasteiger partial charge is 0.0587 e. The zero-order chi connectivity index (χ0) is 14.8. The standard InChI is InChI=1S/C17H18ClNOS/c18-13-8-10-14(11-9-13)21(20)16-7-3-5-12-4-1-2-6-15(12)17(16)19/h1-2,4,6,8-11,16-17H,3,5,7,19H2. The molecule has 0 amide bonds. The van der Waals surface area contributed by atoms with Crippen LogP contribution in [0.5, 0.6) is 0 Å². The molecular weight excluding hydrogens is 302 g/mol. The van der Waals surface area contributed by atoms with E-state index < -0.39 is 10.8 Å². The topological polar surface area (TPSA) is 43.1 Å². The highest BCUT2D eigenvalue weighted by Gasteiger charge is 2.29. The second-order valence-electron chi connectivity index (χ2n) is 5.41. The fourth-order valence-electron chi connectivity index (χ4n) is 2.94. The van der Waals surface area contributed by atoms with Gasteiger partial charge in [0, 0.05) is 16.0 Å². The summed E-state index contributed by atoms with van der Waals surface area (Å²) >= 11 is 5.90. The Morgan fingerprint density at radius 2 is 1.81 bits per heavy atom. The van der Waals surface area contributed by atoms with Crippen molar-refractivity contribution in [2.75, 3.05) is 0 Å². The van der Waals surface area contributed by atoms with Gasteiger partial charge in [0.2, 0.25) is 0 Å². The van der Waals surface area contributed by atoms with E-state index >= 15 is 0 Å². The molecular formula is C17H18ClNOS. The molecule has 0 radical (unpaired) electrons. The monoisotopic (exact) mass is 319 g/mol. The number of halogens is 1. The third-order valence-corrected chi connectivity index (χ3v) is 6.14. The molecule has 0 saturated heterocycles. The zero-order valence-corrected chi connectivity index (χ0v) is 13.2. The van der Waals surface area contributed by atoms with E-state index in [-0.39, 0.29) is 11.3 Å². The van der Waals surface area contributed by atoms with E-state index in [4.69, 9.17) is 17.3 Å². The molecule has 0 heterocycles.